The van der Waals surface area contributed by atoms with E-state index in [1.807, 2.05) is 6.92 Å². The molecule has 0 spiro atoms. The fraction of sp³-hybridized carbons (Fsp3) is 0.143. The molecule has 0 aliphatic heterocycles. The largest absolute Gasteiger partial charge is 0.432 e. The average Bonchev–Trinajstić information content (AvgIpc) is 2.83. The molecular formula is C28H17F9O. The minimum Gasteiger partial charge on any atom is -0.429 e. The Bertz CT molecular complexity index is 1450. The maximum Gasteiger partial charge on any atom is 0.432 e. The van der Waals surface area contributed by atoms with E-state index in [9.17, 15) is 39.5 Å². The summed E-state index contributed by atoms with van der Waals surface area (Å²) in [7, 11) is 0. The molecule has 0 amide bonds. The number of hydrogen-bond donors (Lipinski definition) is 0. The summed E-state index contributed by atoms with van der Waals surface area (Å²) in [6, 6.07) is 10.7. The van der Waals surface area contributed by atoms with E-state index in [-0.39, 0.29) is 41.7 Å². The third-order valence-corrected chi connectivity index (χ3v) is 5.80. The quantitative estimate of drug-likeness (QED) is 0.169. The number of ether oxygens (including phenoxy) is 1. The molecule has 0 bridgehead atoms. The first kappa shape index (κ1) is 27.1. The lowest BCUT2D eigenvalue weighted by Crippen LogP contribution is -2.25. The summed E-state index contributed by atoms with van der Waals surface area (Å²) in [5, 5.41) is 0. The highest BCUT2D eigenvalue weighted by atomic mass is 19.3. The van der Waals surface area contributed by atoms with Gasteiger partial charge in [0.2, 0.25) is 0 Å². The minimum absolute atomic E-state index is 0.0239. The van der Waals surface area contributed by atoms with Crippen LogP contribution in [0.2, 0.25) is 0 Å². The second-order valence-corrected chi connectivity index (χ2v) is 8.52. The predicted octanol–water partition coefficient (Wildman–Crippen LogP) is 8.55. The smallest absolute Gasteiger partial charge is 0.429 e. The summed E-state index contributed by atoms with van der Waals surface area (Å²) in [5.41, 5.74) is -0.702. The Labute approximate surface area is 211 Å². The normalized spacial score (nSPS) is 11.6. The topological polar surface area (TPSA) is 9.23 Å². The van der Waals surface area contributed by atoms with E-state index < -0.39 is 58.1 Å². The van der Waals surface area contributed by atoms with Crippen molar-refractivity contribution in [3.8, 4) is 16.9 Å². The van der Waals surface area contributed by atoms with E-state index in [1.54, 1.807) is 24.3 Å². The van der Waals surface area contributed by atoms with Crippen LogP contribution in [0.1, 0.15) is 22.3 Å². The molecule has 0 aliphatic rings. The summed E-state index contributed by atoms with van der Waals surface area (Å²) in [6.45, 7) is 1.84. The highest BCUT2D eigenvalue weighted by Crippen LogP contribution is 2.36. The summed E-state index contributed by atoms with van der Waals surface area (Å²) in [6.07, 6.45) is -5.18. The molecule has 0 atom stereocenters. The number of halogens is 9. The van der Waals surface area contributed by atoms with Gasteiger partial charge in [-0.05, 0) is 48.6 Å². The van der Waals surface area contributed by atoms with Crippen LogP contribution in [-0.4, -0.2) is 0 Å². The zero-order valence-corrected chi connectivity index (χ0v) is 19.5. The third-order valence-electron chi connectivity index (χ3n) is 5.80. The molecule has 0 heterocycles. The Hall–Kier alpha value is -3.95. The summed E-state index contributed by atoms with van der Waals surface area (Å²) < 4.78 is 131. The highest BCUT2D eigenvalue weighted by molar-refractivity contribution is 5.65. The van der Waals surface area contributed by atoms with Gasteiger partial charge in [0.05, 0.1) is 0 Å². The minimum atomic E-state index is -4.73. The van der Waals surface area contributed by atoms with E-state index in [4.69, 9.17) is 0 Å². The molecule has 0 saturated heterocycles. The van der Waals surface area contributed by atoms with Crippen LogP contribution < -0.4 is 4.74 Å². The van der Waals surface area contributed by atoms with Crippen LogP contribution in [-0.2, 0) is 19.0 Å². The van der Waals surface area contributed by atoms with Crippen molar-refractivity contribution in [3.05, 3.63) is 124 Å². The van der Waals surface area contributed by atoms with Crippen LogP contribution in [0.25, 0.3) is 11.1 Å². The fourth-order valence-corrected chi connectivity index (χ4v) is 3.86. The third kappa shape index (κ3) is 5.49. The second kappa shape index (κ2) is 10.4. The molecule has 0 aliphatic carbocycles. The van der Waals surface area contributed by atoms with Crippen molar-refractivity contribution >= 4 is 0 Å². The van der Waals surface area contributed by atoms with Crippen LogP contribution in [0, 0.1) is 47.6 Å². The van der Waals surface area contributed by atoms with E-state index in [2.05, 4.69) is 4.74 Å². The number of alkyl halides is 2. The zero-order valence-electron chi connectivity index (χ0n) is 19.5. The van der Waals surface area contributed by atoms with Gasteiger partial charge in [-0.1, -0.05) is 42.0 Å². The lowest BCUT2D eigenvalue weighted by Gasteiger charge is -2.20. The first-order valence-corrected chi connectivity index (χ1v) is 11.1. The van der Waals surface area contributed by atoms with E-state index in [0.717, 1.165) is 5.56 Å². The van der Waals surface area contributed by atoms with Crippen LogP contribution in [0.4, 0.5) is 39.5 Å². The van der Waals surface area contributed by atoms with Gasteiger partial charge in [-0.2, -0.15) is 8.78 Å². The molecule has 0 unspecified atom stereocenters. The van der Waals surface area contributed by atoms with Gasteiger partial charge in [0.15, 0.2) is 29.1 Å². The molecule has 0 aromatic heterocycles. The zero-order chi connectivity index (χ0) is 27.8. The molecule has 38 heavy (non-hydrogen) atoms. The molecule has 0 saturated carbocycles. The van der Waals surface area contributed by atoms with Gasteiger partial charge in [0.25, 0.3) is 0 Å². The van der Waals surface area contributed by atoms with Crippen molar-refractivity contribution in [2.75, 3.05) is 0 Å². The standard InChI is InChI=1S/C28H17F9O/c1-14-2-5-16(6-3-14)19-9-8-17(25(33)26(19)34)7-4-15-10-20(29)24(21(30)11-15)28(36,37)38-18-12-22(31)27(35)23(32)13-18/h2-3,5-6,8-13H,4,7H2,1H3. The number of rotatable bonds is 7. The van der Waals surface area contributed by atoms with Crippen LogP contribution in [0.3, 0.4) is 0 Å². The Kier molecular flexibility index (Phi) is 7.44. The first-order chi connectivity index (χ1) is 17.9. The molecule has 0 fully saturated rings. The van der Waals surface area contributed by atoms with Gasteiger partial charge in [0, 0.05) is 17.7 Å². The van der Waals surface area contributed by atoms with E-state index in [0.29, 0.717) is 17.7 Å². The van der Waals surface area contributed by atoms with Gasteiger partial charge in [-0.25, -0.2) is 30.7 Å². The van der Waals surface area contributed by atoms with Crippen molar-refractivity contribution in [1.29, 1.82) is 0 Å². The first-order valence-electron chi connectivity index (χ1n) is 11.1. The van der Waals surface area contributed by atoms with Crippen LogP contribution in [0.5, 0.6) is 5.75 Å². The molecule has 1 nitrogen and oxygen atoms in total. The lowest BCUT2D eigenvalue weighted by molar-refractivity contribution is -0.189. The molecule has 4 rings (SSSR count). The maximum absolute atomic E-state index is 14.7. The molecule has 0 radical (unpaired) electrons. The average molecular weight is 540 g/mol. The van der Waals surface area contributed by atoms with Crippen molar-refractivity contribution < 1.29 is 44.3 Å². The van der Waals surface area contributed by atoms with E-state index in [1.165, 1.54) is 12.1 Å². The molecule has 4 aromatic carbocycles. The Morgan fingerprint density at radius 1 is 0.632 bits per heavy atom. The predicted molar refractivity (Wildman–Crippen MR) is 121 cm³/mol. The Morgan fingerprint density at radius 2 is 1.21 bits per heavy atom. The fourth-order valence-electron chi connectivity index (χ4n) is 3.86. The maximum atomic E-state index is 14.7. The van der Waals surface area contributed by atoms with Crippen molar-refractivity contribution in [2.24, 2.45) is 0 Å². The Balaban J connectivity index is 1.53. The summed E-state index contributed by atoms with van der Waals surface area (Å²) in [4.78, 5) is 0. The Morgan fingerprint density at radius 3 is 1.79 bits per heavy atom. The van der Waals surface area contributed by atoms with E-state index >= 15 is 0 Å². The highest BCUT2D eigenvalue weighted by Gasteiger charge is 2.41. The van der Waals surface area contributed by atoms with Gasteiger partial charge in [-0.15, -0.1) is 0 Å². The molecule has 10 heteroatoms. The van der Waals surface area contributed by atoms with Crippen molar-refractivity contribution in [2.45, 2.75) is 25.9 Å². The van der Waals surface area contributed by atoms with Crippen molar-refractivity contribution in [3.63, 3.8) is 0 Å². The molecular weight excluding hydrogens is 523 g/mol. The summed E-state index contributed by atoms with van der Waals surface area (Å²) in [5.74, 6) is -12.6. The van der Waals surface area contributed by atoms with Gasteiger partial charge in [0.1, 0.15) is 22.9 Å². The monoisotopic (exact) mass is 540 g/mol. The molecule has 0 N–H and O–H groups in total. The second-order valence-electron chi connectivity index (χ2n) is 8.52. The van der Waals surface area contributed by atoms with Gasteiger partial charge >= 0.3 is 6.11 Å². The van der Waals surface area contributed by atoms with Gasteiger partial charge in [-0.3, -0.25) is 0 Å². The van der Waals surface area contributed by atoms with Crippen LogP contribution >= 0.6 is 0 Å². The van der Waals surface area contributed by atoms with Crippen LogP contribution in [0.15, 0.2) is 60.7 Å². The molecule has 198 valence electrons. The number of hydrogen-bond acceptors (Lipinski definition) is 1. The molecule has 4 aromatic rings. The summed E-state index contributed by atoms with van der Waals surface area (Å²) >= 11 is 0. The number of benzene rings is 4. The lowest BCUT2D eigenvalue weighted by atomic mass is 9.98. The number of aryl methyl sites for hydroxylation is 3. The SMILES string of the molecule is Cc1ccc(-c2ccc(CCc3cc(F)c(C(F)(F)Oc4cc(F)c(F)c(F)c4)c(F)c3)c(F)c2F)cc1. The van der Waals surface area contributed by atoms with Gasteiger partial charge < -0.3 is 4.74 Å². The van der Waals surface area contributed by atoms with Crippen molar-refractivity contribution in [1.82, 2.24) is 0 Å².